The Morgan fingerprint density at radius 3 is 2.68 bits per heavy atom. The van der Waals surface area contributed by atoms with Crippen LogP contribution in [0.25, 0.3) is 0 Å². The number of nitrogens with one attached hydrogen (secondary N) is 2. The lowest BCUT2D eigenvalue weighted by Crippen LogP contribution is -2.43. The summed E-state index contributed by atoms with van der Waals surface area (Å²) >= 11 is 0. The number of nitrogens with zero attached hydrogens (tertiary/aromatic N) is 1. The summed E-state index contributed by atoms with van der Waals surface area (Å²) < 4.78 is 5.44. The Morgan fingerprint density at radius 2 is 1.89 bits per heavy atom. The number of hydrogen-bond acceptors (Lipinski definition) is 4. The molecule has 2 aromatic rings. The highest BCUT2D eigenvalue weighted by Gasteiger charge is 2.22. The summed E-state index contributed by atoms with van der Waals surface area (Å²) in [5, 5.41) is 6.06. The molecule has 2 aliphatic rings. The maximum atomic E-state index is 13.0. The molecular weight excluding hydrogens is 354 g/mol. The molecule has 2 N–H and O–H groups in total. The van der Waals surface area contributed by atoms with E-state index in [-0.39, 0.29) is 17.9 Å². The number of ether oxygens (including phenoxy) is 1. The second-order valence-corrected chi connectivity index (χ2v) is 7.27. The Kier molecular flexibility index (Phi) is 5.69. The summed E-state index contributed by atoms with van der Waals surface area (Å²) in [5.74, 6) is -0.0684. The van der Waals surface area contributed by atoms with Crippen molar-refractivity contribution < 1.29 is 14.3 Å². The van der Waals surface area contributed by atoms with E-state index in [1.807, 2.05) is 42.5 Å². The lowest BCUT2D eigenvalue weighted by atomic mass is 9.99. The summed E-state index contributed by atoms with van der Waals surface area (Å²) in [6, 6.07) is 15.5. The van der Waals surface area contributed by atoms with Crippen LogP contribution in [0.2, 0.25) is 0 Å². The van der Waals surface area contributed by atoms with Crippen LogP contribution in [0.4, 0.5) is 5.69 Å². The van der Waals surface area contributed by atoms with Crippen molar-refractivity contribution in [3.05, 3.63) is 65.2 Å². The van der Waals surface area contributed by atoms with Gasteiger partial charge in [-0.25, -0.2) is 0 Å². The Hall–Kier alpha value is -2.70. The molecule has 1 saturated heterocycles. The van der Waals surface area contributed by atoms with Crippen molar-refractivity contribution in [1.29, 1.82) is 0 Å². The van der Waals surface area contributed by atoms with Gasteiger partial charge in [0.25, 0.3) is 5.91 Å². The molecule has 0 radical (unpaired) electrons. The molecule has 2 aromatic carbocycles. The van der Waals surface area contributed by atoms with Crippen LogP contribution >= 0.6 is 0 Å². The molecule has 0 unspecified atom stereocenters. The first-order chi connectivity index (χ1) is 13.7. The van der Waals surface area contributed by atoms with Crippen molar-refractivity contribution in [3.63, 3.8) is 0 Å². The fourth-order valence-electron chi connectivity index (χ4n) is 3.73. The van der Waals surface area contributed by atoms with E-state index in [1.165, 1.54) is 0 Å². The SMILES string of the molecule is O=C1CCc2cc(C(=O)N[C@H](CN3CCOCC3)c3ccccc3)ccc2N1. The number of aryl methyl sites for hydroxylation is 1. The molecule has 1 fully saturated rings. The first-order valence-corrected chi connectivity index (χ1v) is 9.78. The van der Waals surface area contributed by atoms with E-state index in [1.54, 1.807) is 6.07 Å². The minimum Gasteiger partial charge on any atom is -0.379 e. The van der Waals surface area contributed by atoms with E-state index in [0.717, 1.165) is 49.7 Å². The normalized spacial score (nSPS) is 18.1. The van der Waals surface area contributed by atoms with Gasteiger partial charge < -0.3 is 15.4 Å². The van der Waals surface area contributed by atoms with E-state index in [4.69, 9.17) is 4.74 Å². The molecule has 2 amide bonds. The zero-order chi connectivity index (χ0) is 19.3. The van der Waals surface area contributed by atoms with E-state index in [9.17, 15) is 9.59 Å². The van der Waals surface area contributed by atoms with Crippen LogP contribution in [-0.4, -0.2) is 49.6 Å². The van der Waals surface area contributed by atoms with Gasteiger partial charge in [-0.3, -0.25) is 14.5 Å². The lowest BCUT2D eigenvalue weighted by molar-refractivity contribution is -0.116. The monoisotopic (exact) mass is 379 g/mol. The minimum atomic E-state index is -0.0955. The average Bonchev–Trinajstić information content (AvgIpc) is 2.74. The second kappa shape index (κ2) is 8.54. The Labute approximate surface area is 164 Å². The highest BCUT2D eigenvalue weighted by atomic mass is 16.5. The number of anilines is 1. The van der Waals surface area contributed by atoms with Gasteiger partial charge in [0.1, 0.15) is 0 Å². The van der Waals surface area contributed by atoms with Gasteiger partial charge in [-0.2, -0.15) is 0 Å². The Balaban J connectivity index is 1.51. The number of benzene rings is 2. The quantitative estimate of drug-likeness (QED) is 0.837. The number of carbonyl (C=O) groups is 2. The van der Waals surface area contributed by atoms with Crippen molar-refractivity contribution in [3.8, 4) is 0 Å². The summed E-state index contributed by atoms with van der Waals surface area (Å²) in [7, 11) is 0. The predicted molar refractivity (Wildman–Crippen MR) is 107 cm³/mol. The molecule has 0 aliphatic carbocycles. The smallest absolute Gasteiger partial charge is 0.251 e. The fourth-order valence-corrected chi connectivity index (χ4v) is 3.73. The molecule has 0 spiro atoms. The highest BCUT2D eigenvalue weighted by Crippen LogP contribution is 2.24. The molecule has 4 rings (SSSR count). The van der Waals surface area contributed by atoms with Crippen LogP contribution < -0.4 is 10.6 Å². The van der Waals surface area contributed by atoms with Crippen LogP contribution in [0, 0.1) is 0 Å². The number of amides is 2. The van der Waals surface area contributed by atoms with Crippen LogP contribution in [-0.2, 0) is 16.0 Å². The standard InChI is InChI=1S/C22H25N3O3/c26-21-9-7-17-14-18(6-8-19(17)23-21)22(27)24-20(16-4-2-1-3-5-16)15-25-10-12-28-13-11-25/h1-6,8,14,20H,7,9-13,15H2,(H,23,26)(H,24,27)/t20-/m1/s1. The summed E-state index contributed by atoms with van der Waals surface area (Å²) in [4.78, 5) is 26.8. The van der Waals surface area contributed by atoms with Gasteiger partial charge in [0.05, 0.1) is 19.3 Å². The van der Waals surface area contributed by atoms with E-state index in [0.29, 0.717) is 18.4 Å². The van der Waals surface area contributed by atoms with Crippen molar-refractivity contribution in [2.24, 2.45) is 0 Å². The number of rotatable bonds is 5. The number of fused-ring (bicyclic) bond motifs is 1. The molecule has 2 aliphatic heterocycles. The molecular formula is C22H25N3O3. The molecule has 0 aromatic heterocycles. The fraction of sp³-hybridized carbons (Fsp3) is 0.364. The van der Waals surface area contributed by atoms with Gasteiger partial charge >= 0.3 is 0 Å². The molecule has 1 atom stereocenters. The van der Waals surface area contributed by atoms with Gasteiger partial charge in [0.15, 0.2) is 0 Å². The topological polar surface area (TPSA) is 70.7 Å². The van der Waals surface area contributed by atoms with Gasteiger partial charge in [-0.1, -0.05) is 30.3 Å². The minimum absolute atomic E-state index is 0.0272. The molecule has 6 heteroatoms. The maximum absolute atomic E-state index is 13.0. The largest absolute Gasteiger partial charge is 0.379 e. The molecule has 28 heavy (non-hydrogen) atoms. The maximum Gasteiger partial charge on any atom is 0.251 e. The zero-order valence-electron chi connectivity index (χ0n) is 15.8. The molecule has 0 saturated carbocycles. The lowest BCUT2D eigenvalue weighted by Gasteiger charge is -2.31. The Morgan fingerprint density at radius 1 is 1.11 bits per heavy atom. The average molecular weight is 379 g/mol. The van der Waals surface area contributed by atoms with Crippen LogP contribution in [0.5, 0.6) is 0 Å². The van der Waals surface area contributed by atoms with Crippen LogP contribution in [0.3, 0.4) is 0 Å². The third kappa shape index (κ3) is 4.40. The van der Waals surface area contributed by atoms with Gasteiger partial charge in [-0.15, -0.1) is 0 Å². The third-order valence-corrected chi connectivity index (χ3v) is 5.31. The highest BCUT2D eigenvalue weighted by molar-refractivity contribution is 5.98. The van der Waals surface area contributed by atoms with Crippen LogP contribution in [0.1, 0.15) is 33.9 Å². The van der Waals surface area contributed by atoms with Crippen molar-refractivity contribution in [2.45, 2.75) is 18.9 Å². The van der Waals surface area contributed by atoms with Crippen LogP contribution in [0.15, 0.2) is 48.5 Å². The first-order valence-electron chi connectivity index (χ1n) is 9.78. The predicted octanol–water partition coefficient (Wildman–Crippen LogP) is 2.37. The zero-order valence-corrected chi connectivity index (χ0v) is 15.8. The molecule has 146 valence electrons. The number of carbonyl (C=O) groups excluding carboxylic acids is 2. The van der Waals surface area contributed by atoms with Gasteiger partial charge in [0, 0.05) is 37.3 Å². The summed E-state index contributed by atoms with van der Waals surface area (Å²) in [6.45, 7) is 3.95. The molecule has 0 bridgehead atoms. The second-order valence-electron chi connectivity index (χ2n) is 7.27. The Bertz CT molecular complexity index is 847. The van der Waals surface area contributed by atoms with Gasteiger partial charge in [-0.05, 0) is 35.7 Å². The third-order valence-electron chi connectivity index (χ3n) is 5.31. The molecule has 6 nitrogen and oxygen atoms in total. The van der Waals surface area contributed by atoms with Crippen molar-refractivity contribution >= 4 is 17.5 Å². The van der Waals surface area contributed by atoms with E-state index >= 15 is 0 Å². The summed E-state index contributed by atoms with van der Waals surface area (Å²) in [5.41, 5.74) is 3.53. The van der Waals surface area contributed by atoms with Crippen molar-refractivity contribution in [1.82, 2.24) is 10.2 Å². The summed E-state index contributed by atoms with van der Waals surface area (Å²) in [6.07, 6.45) is 1.12. The van der Waals surface area contributed by atoms with E-state index < -0.39 is 0 Å². The van der Waals surface area contributed by atoms with E-state index in [2.05, 4.69) is 15.5 Å². The first kappa shape index (κ1) is 18.7. The number of hydrogen-bond donors (Lipinski definition) is 2. The van der Waals surface area contributed by atoms with Crippen molar-refractivity contribution in [2.75, 3.05) is 38.2 Å². The van der Waals surface area contributed by atoms with Gasteiger partial charge in [0.2, 0.25) is 5.91 Å². The number of morpholine rings is 1. The molecule has 2 heterocycles.